The molecule has 22 heavy (non-hydrogen) atoms. The molecule has 2 aromatic rings. The van der Waals surface area contributed by atoms with Gasteiger partial charge in [0.2, 0.25) is 0 Å². The molecule has 2 fully saturated rings. The number of carbonyl (C=O) groups excluding carboxylic acids is 1. The number of hydrogen-bond acceptors (Lipinski definition) is 4. The summed E-state index contributed by atoms with van der Waals surface area (Å²) in [6.45, 7) is 3.15. The maximum absolute atomic E-state index is 11.6. The molecule has 0 atom stereocenters. The van der Waals surface area contributed by atoms with E-state index in [0.717, 1.165) is 37.6 Å². The Hall–Kier alpha value is -2.57. The van der Waals surface area contributed by atoms with Crippen molar-refractivity contribution in [2.24, 2.45) is 0 Å². The lowest BCUT2D eigenvalue weighted by molar-refractivity contribution is 0.151. The Balaban J connectivity index is 1.41. The van der Waals surface area contributed by atoms with Gasteiger partial charge in [0.1, 0.15) is 5.82 Å². The SMILES string of the molecule is CN1C(=O)NCC12CN(c1ccc(Cn3ccnc3)cn1)C2. The smallest absolute Gasteiger partial charge is 0.317 e. The summed E-state index contributed by atoms with van der Waals surface area (Å²) < 4.78 is 2.01. The van der Waals surface area contributed by atoms with Crippen molar-refractivity contribution in [3.8, 4) is 0 Å². The average Bonchev–Trinajstić information content (AvgIpc) is 3.09. The quantitative estimate of drug-likeness (QED) is 0.898. The zero-order chi connectivity index (χ0) is 15.2. The third-order valence-corrected chi connectivity index (χ3v) is 4.61. The molecule has 4 heterocycles. The highest BCUT2D eigenvalue weighted by Gasteiger charge is 2.52. The second kappa shape index (κ2) is 4.72. The van der Waals surface area contributed by atoms with Gasteiger partial charge in [0.15, 0.2) is 0 Å². The third-order valence-electron chi connectivity index (χ3n) is 4.61. The highest BCUT2D eigenvalue weighted by molar-refractivity contribution is 5.78. The van der Waals surface area contributed by atoms with Crippen LogP contribution in [0.4, 0.5) is 10.6 Å². The standard InChI is InChI=1S/C15H18N6O/c1-19-14(22)18-8-15(19)9-21(10-15)13-3-2-12(6-17-13)7-20-5-4-16-11-20/h2-6,11H,7-10H2,1H3,(H,18,22). The van der Waals surface area contributed by atoms with Crippen LogP contribution >= 0.6 is 0 Å². The molecular formula is C15H18N6O. The molecule has 1 N–H and O–H groups in total. The Morgan fingerprint density at radius 1 is 1.36 bits per heavy atom. The number of imidazole rings is 1. The Morgan fingerprint density at radius 3 is 2.82 bits per heavy atom. The molecule has 7 nitrogen and oxygen atoms in total. The second-order valence-electron chi connectivity index (χ2n) is 6.06. The Bertz CT molecular complexity index is 675. The van der Waals surface area contributed by atoms with Gasteiger partial charge in [-0.1, -0.05) is 6.07 Å². The van der Waals surface area contributed by atoms with Gasteiger partial charge >= 0.3 is 6.03 Å². The van der Waals surface area contributed by atoms with Crippen molar-refractivity contribution in [1.82, 2.24) is 24.8 Å². The minimum atomic E-state index is -0.0613. The molecule has 7 heteroatoms. The normalized spacial score (nSPS) is 19.4. The van der Waals surface area contributed by atoms with Crippen LogP contribution in [0.3, 0.4) is 0 Å². The number of carbonyl (C=O) groups is 1. The summed E-state index contributed by atoms with van der Waals surface area (Å²) in [5.74, 6) is 0.966. The zero-order valence-electron chi connectivity index (χ0n) is 12.4. The molecular weight excluding hydrogens is 280 g/mol. The molecule has 0 aromatic carbocycles. The molecule has 0 unspecified atom stereocenters. The predicted octanol–water partition coefficient (Wildman–Crippen LogP) is 0.540. The lowest BCUT2D eigenvalue weighted by atomic mass is 9.89. The van der Waals surface area contributed by atoms with Crippen molar-refractivity contribution in [2.75, 3.05) is 31.6 Å². The van der Waals surface area contributed by atoms with Gasteiger partial charge in [-0.05, 0) is 11.6 Å². The van der Waals surface area contributed by atoms with Crippen molar-refractivity contribution in [3.05, 3.63) is 42.6 Å². The highest BCUT2D eigenvalue weighted by Crippen LogP contribution is 2.32. The number of hydrogen-bond donors (Lipinski definition) is 1. The summed E-state index contributed by atoms with van der Waals surface area (Å²) in [7, 11) is 1.86. The zero-order valence-corrected chi connectivity index (χ0v) is 12.4. The summed E-state index contributed by atoms with van der Waals surface area (Å²) in [5.41, 5.74) is 1.08. The number of likely N-dealkylation sites (N-methyl/N-ethyl adjacent to an activating group) is 1. The first-order valence-electron chi connectivity index (χ1n) is 7.34. The van der Waals surface area contributed by atoms with Gasteiger partial charge in [0, 0.05) is 51.8 Å². The molecule has 1 spiro atoms. The summed E-state index contributed by atoms with van der Waals surface area (Å²) in [6, 6.07) is 4.15. The predicted molar refractivity (Wildman–Crippen MR) is 81.7 cm³/mol. The fourth-order valence-corrected chi connectivity index (χ4v) is 3.13. The van der Waals surface area contributed by atoms with Gasteiger partial charge in [-0.15, -0.1) is 0 Å². The van der Waals surface area contributed by atoms with E-state index in [0.29, 0.717) is 0 Å². The molecule has 2 saturated heterocycles. The van der Waals surface area contributed by atoms with Gasteiger partial charge in [0.25, 0.3) is 0 Å². The van der Waals surface area contributed by atoms with E-state index >= 15 is 0 Å². The molecule has 2 aliphatic heterocycles. The lowest BCUT2D eigenvalue weighted by Gasteiger charge is -2.51. The number of nitrogens with zero attached hydrogens (tertiary/aromatic N) is 5. The minimum Gasteiger partial charge on any atom is -0.352 e. The van der Waals surface area contributed by atoms with Crippen LogP contribution in [0.2, 0.25) is 0 Å². The summed E-state index contributed by atoms with van der Waals surface area (Å²) in [4.78, 5) is 24.2. The topological polar surface area (TPSA) is 66.3 Å². The molecule has 4 rings (SSSR count). The second-order valence-corrected chi connectivity index (χ2v) is 6.06. The number of nitrogens with one attached hydrogen (secondary N) is 1. The Morgan fingerprint density at radius 2 is 2.23 bits per heavy atom. The van der Waals surface area contributed by atoms with E-state index in [1.165, 1.54) is 0 Å². The van der Waals surface area contributed by atoms with E-state index < -0.39 is 0 Å². The van der Waals surface area contributed by atoms with Gasteiger partial charge in [-0.2, -0.15) is 0 Å². The Labute approximate surface area is 128 Å². The number of amides is 2. The molecule has 2 amide bonds. The number of urea groups is 1. The largest absolute Gasteiger partial charge is 0.352 e. The van der Waals surface area contributed by atoms with E-state index in [2.05, 4.69) is 26.3 Å². The fourth-order valence-electron chi connectivity index (χ4n) is 3.13. The summed E-state index contributed by atoms with van der Waals surface area (Å²) >= 11 is 0. The molecule has 0 radical (unpaired) electrons. The average molecular weight is 298 g/mol. The third kappa shape index (κ3) is 2.01. The first-order valence-corrected chi connectivity index (χ1v) is 7.34. The maximum atomic E-state index is 11.6. The molecule has 0 saturated carbocycles. The minimum absolute atomic E-state index is 0.0169. The van der Waals surface area contributed by atoms with Crippen LogP contribution in [0.25, 0.3) is 0 Å². The molecule has 114 valence electrons. The van der Waals surface area contributed by atoms with Gasteiger partial charge in [0.05, 0.1) is 11.9 Å². The van der Waals surface area contributed by atoms with Gasteiger partial charge in [-0.3, -0.25) is 0 Å². The van der Waals surface area contributed by atoms with Crippen LogP contribution < -0.4 is 10.2 Å². The first kappa shape index (κ1) is 13.1. The van der Waals surface area contributed by atoms with Crippen LogP contribution in [-0.2, 0) is 6.54 Å². The molecule has 0 aliphatic carbocycles. The highest BCUT2D eigenvalue weighted by atomic mass is 16.2. The van der Waals surface area contributed by atoms with Crippen LogP contribution in [-0.4, -0.2) is 57.7 Å². The number of aromatic nitrogens is 3. The first-order chi connectivity index (χ1) is 10.7. The van der Waals surface area contributed by atoms with Crippen LogP contribution in [0.1, 0.15) is 5.56 Å². The number of pyridine rings is 1. The van der Waals surface area contributed by atoms with Crippen molar-refractivity contribution >= 4 is 11.8 Å². The molecule has 0 bridgehead atoms. The van der Waals surface area contributed by atoms with E-state index in [9.17, 15) is 4.79 Å². The van der Waals surface area contributed by atoms with Crippen LogP contribution in [0, 0.1) is 0 Å². The number of anilines is 1. The van der Waals surface area contributed by atoms with Gasteiger partial charge in [-0.25, -0.2) is 14.8 Å². The maximum Gasteiger partial charge on any atom is 0.317 e. The number of rotatable bonds is 3. The summed E-state index contributed by atoms with van der Waals surface area (Å²) in [5, 5.41) is 2.90. The van der Waals surface area contributed by atoms with E-state index in [1.807, 2.05) is 35.0 Å². The van der Waals surface area contributed by atoms with Crippen molar-refractivity contribution < 1.29 is 4.79 Å². The Kier molecular flexibility index (Phi) is 2.82. The van der Waals surface area contributed by atoms with E-state index in [-0.39, 0.29) is 11.6 Å². The van der Waals surface area contributed by atoms with E-state index in [1.54, 1.807) is 12.5 Å². The van der Waals surface area contributed by atoms with Crippen molar-refractivity contribution in [1.29, 1.82) is 0 Å². The monoisotopic (exact) mass is 298 g/mol. The summed E-state index contributed by atoms with van der Waals surface area (Å²) in [6.07, 6.45) is 7.41. The van der Waals surface area contributed by atoms with Crippen molar-refractivity contribution in [2.45, 2.75) is 12.1 Å². The fraction of sp³-hybridized carbons (Fsp3) is 0.400. The van der Waals surface area contributed by atoms with Crippen LogP contribution in [0.5, 0.6) is 0 Å². The van der Waals surface area contributed by atoms with E-state index in [4.69, 9.17) is 0 Å². The molecule has 2 aliphatic rings. The van der Waals surface area contributed by atoms with Gasteiger partial charge < -0.3 is 19.7 Å². The lowest BCUT2D eigenvalue weighted by Crippen LogP contribution is -2.69. The van der Waals surface area contributed by atoms with Crippen molar-refractivity contribution in [3.63, 3.8) is 0 Å². The molecule has 2 aromatic heterocycles. The van der Waals surface area contributed by atoms with Crippen LogP contribution in [0.15, 0.2) is 37.1 Å².